The molecule has 0 N–H and O–H groups in total. The number of pyridine rings is 1. The summed E-state index contributed by atoms with van der Waals surface area (Å²) in [5.41, 5.74) is 2.97. The topological polar surface area (TPSA) is 51.0 Å². The normalized spacial score (nSPS) is 19.9. The highest BCUT2D eigenvalue weighted by Gasteiger charge is 2.29. The molecule has 1 aromatic carbocycles. The fourth-order valence-corrected chi connectivity index (χ4v) is 4.53. The number of benzene rings is 1. The lowest BCUT2D eigenvalue weighted by Crippen LogP contribution is -2.40. The van der Waals surface area contributed by atoms with Crippen LogP contribution in [0.1, 0.15) is 53.5 Å². The van der Waals surface area contributed by atoms with Crippen LogP contribution in [0.3, 0.4) is 0 Å². The molecule has 2 aliphatic heterocycles. The van der Waals surface area contributed by atoms with E-state index in [4.69, 9.17) is 4.98 Å². The molecular weight excluding hydrogens is 336 g/mol. The Morgan fingerprint density at radius 1 is 1.04 bits per heavy atom. The molecule has 3 aromatic rings. The number of hydrogen-bond donors (Lipinski definition) is 0. The summed E-state index contributed by atoms with van der Waals surface area (Å²) in [7, 11) is 0. The van der Waals surface area contributed by atoms with Crippen molar-refractivity contribution in [2.75, 3.05) is 13.1 Å². The number of aryl methyl sites for hydroxylation is 1. The summed E-state index contributed by atoms with van der Waals surface area (Å²) < 4.78 is 2.40. The van der Waals surface area contributed by atoms with Crippen molar-refractivity contribution in [1.82, 2.24) is 19.4 Å². The number of amides is 1. The van der Waals surface area contributed by atoms with E-state index in [1.165, 1.54) is 24.4 Å². The number of rotatable bonds is 2. The van der Waals surface area contributed by atoms with Crippen molar-refractivity contribution in [2.45, 2.75) is 44.6 Å². The Kier molecular flexibility index (Phi) is 4.15. The number of nitrogens with zero attached hydrogens (tertiary/aromatic N) is 4. The summed E-state index contributed by atoms with van der Waals surface area (Å²) >= 11 is 0. The average molecular weight is 360 g/mol. The van der Waals surface area contributed by atoms with Crippen molar-refractivity contribution in [3.63, 3.8) is 0 Å². The van der Waals surface area contributed by atoms with E-state index in [0.717, 1.165) is 49.8 Å². The van der Waals surface area contributed by atoms with Crippen LogP contribution in [-0.2, 0) is 13.0 Å². The molecule has 1 atom stereocenters. The monoisotopic (exact) mass is 360 g/mol. The molecular formula is C22H24N4O. The minimum Gasteiger partial charge on any atom is -0.338 e. The predicted octanol–water partition coefficient (Wildman–Crippen LogP) is 3.79. The van der Waals surface area contributed by atoms with E-state index in [2.05, 4.69) is 9.55 Å². The summed E-state index contributed by atoms with van der Waals surface area (Å²) in [6.45, 7) is 2.64. The van der Waals surface area contributed by atoms with Crippen molar-refractivity contribution < 1.29 is 4.79 Å². The van der Waals surface area contributed by atoms with Crippen molar-refractivity contribution in [2.24, 2.45) is 0 Å². The largest absolute Gasteiger partial charge is 0.338 e. The maximum atomic E-state index is 13.1. The molecule has 0 bridgehead atoms. The van der Waals surface area contributed by atoms with Gasteiger partial charge in [-0.2, -0.15) is 0 Å². The van der Waals surface area contributed by atoms with Crippen LogP contribution < -0.4 is 0 Å². The molecule has 138 valence electrons. The maximum absolute atomic E-state index is 13.1. The first-order valence-electron chi connectivity index (χ1n) is 9.98. The average Bonchev–Trinajstić information content (AvgIpc) is 3.17. The van der Waals surface area contributed by atoms with E-state index < -0.39 is 0 Å². The first kappa shape index (κ1) is 16.5. The second kappa shape index (κ2) is 6.80. The zero-order chi connectivity index (χ0) is 18.2. The molecule has 1 fully saturated rings. The molecule has 2 aliphatic rings. The van der Waals surface area contributed by atoms with Crippen LogP contribution >= 0.6 is 0 Å². The summed E-state index contributed by atoms with van der Waals surface area (Å²) in [6, 6.07) is 9.90. The number of hydrogen-bond acceptors (Lipinski definition) is 3. The van der Waals surface area contributed by atoms with Gasteiger partial charge in [0.25, 0.3) is 5.91 Å². The van der Waals surface area contributed by atoms with Gasteiger partial charge in [-0.05, 0) is 44.2 Å². The first-order valence-corrected chi connectivity index (χ1v) is 9.98. The maximum Gasteiger partial charge on any atom is 0.255 e. The minimum atomic E-state index is 0.0865. The molecule has 5 heteroatoms. The van der Waals surface area contributed by atoms with Gasteiger partial charge < -0.3 is 9.47 Å². The lowest BCUT2D eigenvalue weighted by atomic mass is 9.96. The van der Waals surface area contributed by atoms with Crippen molar-refractivity contribution in [3.05, 3.63) is 59.8 Å². The SMILES string of the molecule is O=C(c1cnc2ccccc2c1)N1CCCC(c2ncc3n2CCCC3)C1. The van der Waals surface area contributed by atoms with Crippen LogP contribution in [0.5, 0.6) is 0 Å². The Labute approximate surface area is 159 Å². The predicted molar refractivity (Wildman–Crippen MR) is 105 cm³/mol. The quantitative estimate of drug-likeness (QED) is 0.699. The molecule has 0 spiro atoms. The molecule has 1 saturated heterocycles. The van der Waals surface area contributed by atoms with Gasteiger partial charge in [0.15, 0.2) is 0 Å². The molecule has 5 nitrogen and oxygen atoms in total. The van der Waals surface area contributed by atoms with Gasteiger partial charge in [-0.1, -0.05) is 18.2 Å². The summed E-state index contributed by atoms with van der Waals surface area (Å²) in [6.07, 6.45) is 9.51. The number of carbonyl (C=O) groups excluding carboxylic acids is 1. The number of carbonyl (C=O) groups is 1. The second-order valence-electron chi connectivity index (χ2n) is 7.72. The summed E-state index contributed by atoms with van der Waals surface area (Å²) in [5, 5.41) is 1.01. The van der Waals surface area contributed by atoms with Gasteiger partial charge in [-0.3, -0.25) is 9.78 Å². The molecule has 2 aromatic heterocycles. The minimum absolute atomic E-state index is 0.0865. The third-order valence-electron chi connectivity index (χ3n) is 5.94. The number of fused-ring (bicyclic) bond motifs is 2. The smallest absolute Gasteiger partial charge is 0.255 e. The highest BCUT2D eigenvalue weighted by atomic mass is 16.2. The van der Waals surface area contributed by atoms with Gasteiger partial charge in [0, 0.05) is 49.0 Å². The standard InChI is InChI=1S/C22H24N4O/c27-22(18-12-16-6-1-2-9-20(16)23-13-18)25-10-5-7-17(15-25)21-24-14-19-8-3-4-11-26(19)21/h1-2,6,9,12-14,17H,3-5,7-8,10-11,15H2. The lowest BCUT2D eigenvalue weighted by Gasteiger charge is -2.33. The molecule has 1 unspecified atom stereocenters. The van der Waals surface area contributed by atoms with Crippen LogP contribution in [0, 0.1) is 0 Å². The van der Waals surface area contributed by atoms with Crippen molar-refractivity contribution in [3.8, 4) is 0 Å². The molecule has 0 radical (unpaired) electrons. The number of imidazole rings is 1. The molecule has 4 heterocycles. The molecule has 5 rings (SSSR count). The van der Waals surface area contributed by atoms with Crippen LogP contribution in [0.2, 0.25) is 0 Å². The van der Waals surface area contributed by atoms with Crippen LogP contribution in [0.15, 0.2) is 42.7 Å². The van der Waals surface area contributed by atoms with Gasteiger partial charge in [0.05, 0.1) is 11.1 Å². The number of piperidine rings is 1. The number of aromatic nitrogens is 3. The number of likely N-dealkylation sites (tertiary alicyclic amines) is 1. The third-order valence-corrected chi connectivity index (χ3v) is 5.94. The lowest BCUT2D eigenvalue weighted by molar-refractivity contribution is 0.0703. The highest BCUT2D eigenvalue weighted by molar-refractivity contribution is 5.97. The fourth-order valence-electron chi connectivity index (χ4n) is 4.53. The third kappa shape index (κ3) is 3.01. The van der Waals surface area contributed by atoms with Gasteiger partial charge in [0.2, 0.25) is 0 Å². The molecule has 27 heavy (non-hydrogen) atoms. The fraction of sp³-hybridized carbons (Fsp3) is 0.409. The Bertz CT molecular complexity index is 993. The molecule has 0 aliphatic carbocycles. The van der Waals surface area contributed by atoms with E-state index in [1.807, 2.05) is 41.4 Å². The van der Waals surface area contributed by atoms with Crippen molar-refractivity contribution in [1.29, 1.82) is 0 Å². The van der Waals surface area contributed by atoms with Gasteiger partial charge >= 0.3 is 0 Å². The zero-order valence-electron chi connectivity index (χ0n) is 15.5. The van der Waals surface area contributed by atoms with Crippen molar-refractivity contribution >= 4 is 16.8 Å². The van der Waals surface area contributed by atoms with Crippen LogP contribution in [0.25, 0.3) is 10.9 Å². The Balaban J connectivity index is 1.38. The van der Waals surface area contributed by atoms with Crippen LogP contribution in [-0.4, -0.2) is 38.4 Å². The first-order chi connectivity index (χ1) is 13.3. The highest BCUT2D eigenvalue weighted by Crippen LogP contribution is 2.30. The Morgan fingerprint density at radius 3 is 2.93 bits per heavy atom. The van der Waals surface area contributed by atoms with Gasteiger partial charge in [0.1, 0.15) is 5.82 Å². The van der Waals surface area contributed by atoms with Gasteiger partial charge in [-0.15, -0.1) is 0 Å². The van der Waals surface area contributed by atoms with E-state index in [1.54, 1.807) is 6.20 Å². The van der Waals surface area contributed by atoms with Gasteiger partial charge in [-0.25, -0.2) is 4.98 Å². The van der Waals surface area contributed by atoms with E-state index in [-0.39, 0.29) is 5.91 Å². The molecule has 0 saturated carbocycles. The van der Waals surface area contributed by atoms with E-state index in [9.17, 15) is 4.79 Å². The van der Waals surface area contributed by atoms with E-state index >= 15 is 0 Å². The Hall–Kier alpha value is -2.69. The van der Waals surface area contributed by atoms with Crippen LogP contribution in [0.4, 0.5) is 0 Å². The van der Waals surface area contributed by atoms with E-state index in [0.29, 0.717) is 11.5 Å². The molecule has 1 amide bonds. The second-order valence-corrected chi connectivity index (χ2v) is 7.72. The Morgan fingerprint density at radius 2 is 1.96 bits per heavy atom. The zero-order valence-corrected chi connectivity index (χ0v) is 15.5. The summed E-state index contributed by atoms with van der Waals surface area (Å²) in [4.78, 5) is 24.3. The number of para-hydroxylation sites is 1. The summed E-state index contributed by atoms with van der Waals surface area (Å²) in [5.74, 6) is 1.60.